The second-order valence-corrected chi connectivity index (χ2v) is 9.06. The van der Waals surface area contributed by atoms with E-state index >= 15 is 0 Å². The number of rotatable bonds is 5. The van der Waals surface area contributed by atoms with Crippen LogP contribution in [-0.2, 0) is 11.2 Å². The van der Waals surface area contributed by atoms with Gasteiger partial charge in [-0.3, -0.25) is 0 Å². The number of benzene rings is 1. The minimum atomic E-state index is -0.524. The van der Waals surface area contributed by atoms with E-state index in [1.165, 1.54) is 19.3 Å². The molecular weight excluding hydrogens is 368 g/mol. The Morgan fingerprint density at radius 3 is 2.38 bits per heavy atom. The van der Waals surface area contributed by atoms with E-state index in [2.05, 4.69) is 0 Å². The summed E-state index contributed by atoms with van der Waals surface area (Å²) in [4.78, 5) is 28.1. The van der Waals surface area contributed by atoms with Crippen molar-refractivity contribution in [1.82, 2.24) is 9.80 Å². The fourth-order valence-corrected chi connectivity index (χ4v) is 3.52. The highest BCUT2D eigenvalue weighted by Gasteiger charge is 2.25. The first kappa shape index (κ1) is 23.0. The number of carbonyl (C=O) groups excluding carboxylic acids is 2. The molecule has 0 aromatic heterocycles. The van der Waals surface area contributed by atoms with Crippen molar-refractivity contribution < 1.29 is 19.1 Å². The number of hydrogen-bond acceptors (Lipinski definition) is 4. The first-order chi connectivity index (χ1) is 13.6. The zero-order valence-corrected chi connectivity index (χ0v) is 18.7. The molecular formula is C23H36N2O4. The zero-order valence-electron chi connectivity index (χ0n) is 18.7. The van der Waals surface area contributed by atoms with Gasteiger partial charge >= 0.3 is 12.2 Å². The van der Waals surface area contributed by atoms with Crippen molar-refractivity contribution in [3.05, 3.63) is 29.8 Å². The first-order valence-corrected chi connectivity index (χ1v) is 10.6. The maximum Gasteiger partial charge on any atom is 0.415 e. The largest absolute Gasteiger partial charge is 0.444 e. The quantitative estimate of drug-likeness (QED) is 0.673. The number of hydrogen-bond donors (Lipinski definition) is 0. The normalized spacial score (nSPS) is 16.1. The predicted octanol–water partition coefficient (Wildman–Crippen LogP) is 5.25. The number of likely N-dealkylation sites (N-methyl/N-ethyl adjacent to an activating group) is 1. The van der Waals surface area contributed by atoms with Gasteiger partial charge in [0, 0.05) is 26.2 Å². The summed E-state index contributed by atoms with van der Waals surface area (Å²) in [5.41, 5.74) is 0.474. The highest BCUT2D eigenvalue weighted by molar-refractivity contribution is 5.71. The third-order valence-electron chi connectivity index (χ3n) is 5.39. The lowest BCUT2D eigenvalue weighted by molar-refractivity contribution is 0.0236. The summed E-state index contributed by atoms with van der Waals surface area (Å²) >= 11 is 0. The summed E-state index contributed by atoms with van der Waals surface area (Å²) in [6.07, 6.45) is 5.65. The average molecular weight is 405 g/mol. The lowest BCUT2D eigenvalue weighted by Gasteiger charge is -2.30. The molecule has 29 heavy (non-hydrogen) atoms. The summed E-state index contributed by atoms with van der Waals surface area (Å²) < 4.78 is 11.0. The summed E-state index contributed by atoms with van der Waals surface area (Å²) in [5.74, 6) is 0.530. The van der Waals surface area contributed by atoms with Gasteiger partial charge in [-0.2, -0.15) is 0 Å². The SMILES string of the molecule is C[C@H](Cc1cccc(OC(=O)N(C)C2CCCCC2)c1)N(C)C(=O)OC(C)(C)C. The Morgan fingerprint density at radius 2 is 1.76 bits per heavy atom. The van der Waals surface area contributed by atoms with Crippen LogP contribution in [0.5, 0.6) is 5.75 Å². The Bertz CT molecular complexity index is 692. The van der Waals surface area contributed by atoms with E-state index < -0.39 is 5.60 Å². The molecule has 2 rings (SSSR count). The van der Waals surface area contributed by atoms with E-state index in [4.69, 9.17) is 9.47 Å². The first-order valence-electron chi connectivity index (χ1n) is 10.6. The molecule has 0 spiro atoms. The zero-order chi connectivity index (χ0) is 21.6. The molecule has 0 heterocycles. The van der Waals surface area contributed by atoms with Crippen molar-refractivity contribution in [3.63, 3.8) is 0 Å². The van der Waals surface area contributed by atoms with Gasteiger partial charge in [-0.1, -0.05) is 31.4 Å². The van der Waals surface area contributed by atoms with E-state index in [9.17, 15) is 9.59 Å². The van der Waals surface area contributed by atoms with Crippen LogP contribution in [0.4, 0.5) is 9.59 Å². The van der Waals surface area contributed by atoms with Gasteiger partial charge in [0.1, 0.15) is 11.4 Å². The van der Waals surface area contributed by atoms with Crippen LogP contribution >= 0.6 is 0 Å². The van der Waals surface area contributed by atoms with Gasteiger partial charge in [-0.25, -0.2) is 9.59 Å². The van der Waals surface area contributed by atoms with Crippen molar-refractivity contribution >= 4 is 12.2 Å². The van der Waals surface area contributed by atoms with Crippen LogP contribution in [0.25, 0.3) is 0 Å². The van der Waals surface area contributed by atoms with Crippen molar-refractivity contribution in [2.45, 2.75) is 83.9 Å². The molecule has 0 saturated heterocycles. The lowest BCUT2D eigenvalue weighted by atomic mass is 9.95. The molecule has 0 unspecified atom stereocenters. The van der Waals surface area contributed by atoms with Gasteiger partial charge in [0.05, 0.1) is 0 Å². The van der Waals surface area contributed by atoms with Crippen molar-refractivity contribution in [2.24, 2.45) is 0 Å². The van der Waals surface area contributed by atoms with Crippen molar-refractivity contribution in [2.75, 3.05) is 14.1 Å². The Kier molecular flexibility index (Phi) is 7.94. The topological polar surface area (TPSA) is 59.1 Å². The van der Waals surface area contributed by atoms with Crippen LogP contribution in [0.2, 0.25) is 0 Å². The third-order valence-corrected chi connectivity index (χ3v) is 5.39. The molecule has 1 aromatic carbocycles. The minimum absolute atomic E-state index is 0.0549. The standard InChI is InChI=1S/C23H36N2O4/c1-17(24(5)22(27)29-23(2,3)4)15-18-11-10-14-20(16-18)28-21(26)25(6)19-12-8-7-9-13-19/h10-11,14,16-17,19H,7-9,12-13,15H2,1-6H3/t17-/m1/s1. The van der Waals surface area contributed by atoms with E-state index in [0.29, 0.717) is 12.2 Å². The number of carbonyl (C=O) groups is 2. The highest BCUT2D eigenvalue weighted by atomic mass is 16.6. The molecule has 6 nitrogen and oxygen atoms in total. The summed E-state index contributed by atoms with van der Waals surface area (Å²) in [5, 5.41) is 0. The fraction of sp³-hybridized carbons (Fsp3) is 0.652. The maximum absolute atomic E-state index is 12.5. The molecule has 1 aliphatic rings. The molecule has 1 fully saturated rings. The molecule has 1 atom stereocenters. The van der Waals surface area contributed by atoms with Crippen molar-refractivity contribution in [3.8, 4) is 5.75 Å². The van der Waals surface area contributed by atoms with E-state index in [-0.39, 0.29) is 24.3 Å². The van der Waals surface area contributed by atoms with Crippen LogP contribution in [0.3, 0.4) is 0 Å². The van der Waals surface area contributed by atoms with Crippen molar-refractivity contribution in [1.29, 1.82) is 0 Å². The number of nitrogens with zero attached hydrogens (tertiary/aromatic N) is 2. The second-order valence-electron chi connectivity index (χ2n) is 9.06. The summed E-state index contributed by atoms with van der Waals surface area (Å²) in [7, 11) is 3.56. The fourth-order valence-electron chi connectivity index (χ4n) is 3.52. The molecule has 6 heteroatoms. The lowest BCUT2D eigenvalue weighted by Crippen LogP contribution is -2.40. The van der Waals surface area contributed by atoms with Gasteiger partial charge in [0.2, 0.25) is 0 Å². The molecule has 1 aliphatic carbocycles. The highest BCUT2D eigenvalue weighted by Crippen LogP contribution is 2.23. The van der Waals surface area contributed by atoms with E-state index in [1.54, 1.807) is 22.9 Å². The molecule has 2 amide bonds. The molecule has 1 saturated carbocycles. The minimum Gasteiger partial charge on any atom is -0.444 e. The van der Waals surface area contributed by atoms with Crippen LogP contribution in [0, 0.1) is 0 Å². The Hall–Kier alpha value is -2.24. The third kappa shape index (κ3) is 7.26. The molecule has 0 bridgehead atoms. The van der Waals surface area contributed by atoms with Crippen LogP contribution in [0.15, 0.2) is 24.3 Å². The Morgan fingerprint density at radius 1 is 1.10 bits per heavy atom. The Balaban J connectivity index is 1.94. The van der Waals surface area contributed by atoms with Gasteiger partial charge in [-0.15, -0.1) is 0 Å². The summed E-state index contributed by atoms with van der Waals surface area (Å²) in [6.45, 7) is 7.53. The molecule has 162 valence electrons. The molecule has 0 N–H and O–H groups in total. The Labute approximate surface area is 175 Å². The van der Waals surface area contributed by atoms with Gasteiger partial charge < -0.3 is 19.3 Å². The maximum atomic E-state index is 12.5. The van der Waals surface area contributed by atoms with Crippen LogP contribution in [-0.4, -0.2) is 53.8 Å². The summed E-state index contributed by atoms with van der Waals surface area (Å²) in [6, 6.07) is 7.72. The number of amides is 2. The molecule has 0 aliphatic heterocycles. The predicted molar refractivity (Wildman–Crippen MR) is 114 cm³/mol. The smallest absolute Gasteiger partial charge is 0.415 e. The van der Waals surface area contributed by atoms with Gasteiger partial charge in [0.25, 0.3) is 0 Å². The molecule has 1 aromatic rings. The van der Waals surface area contributed by atoms with Crippen LogP contribution < -0.4 is 4.74 Å². The van der Waals surface area contributed by atoms with Gasteiger partial charge in [-0.05, 0) is 64.7 Å². The van der Waals surface area contributed by atoms with E-state index in [0.717, 1.165) is 18.4 Å². The molecule has 0 radical (unpaired) electrons. The van der Waals surface area contributed by atoms with E-state index in [1.807, 2.05) is 52.9 Å². The van der Waals surface area contributed by atoms with Crippen LogP contribution in [0.1, 0.15) is 65.4 Å². The average Bonchev–Trinajstić information content (AvgIpc) is 2.66. The monoisotopic (exact) mass is 404 g/mol. The van der Waals surface area contributed by atoms with Gasteiger partial charge in [0.15, 0.2) is 0 Å². The second kappa shape index (κ2) is 9.99. The number of ether oxygens (including phenoxy) is 2.